The van der Waals surface area contributed by atoms with Crippen molar-refractivity contribution >= 4 is 14.9 Å². The topological polar surface area (TPSA) is 47.0 Å². The standard InChI is InChI=1S/C9H6N.2O.Ti/c1-2-6-9-8(4-1)5-3-7-10-9;;;/h1-6H;;;. The van der Waals surface area contributed by atoms with Crippen LogP contribution in [0.1, 0.15) is 0 Å². The molecule has 0 spiro atoms. The third-order valence-corrected chi connectivity index (χ3v) is 2.90. The first-order chi connectivity index (χ1) is 6.27. The number of pyridine rings is 1. The molecule has 1 heterocycles. The van der Waals surface area contributed by atoms with Crippen LogP contribution in [0.3, 0.4) is 0 Å². The first-order valence-corrected chi connectivity index (χ1v) is 5.90. The fourth-order valence-electron chi connectivity index (χ4n) is 1.18. The van der Waals surface area contributed by atoms with Gasteiger partial charge in [-0.2, -0.15) is 0 Å². The molecule has 0 amide bonds. The maximum atomic E-state index is 10.7. The van der Waals surface area contributed by atoms with Crippen LogP contribution in [0.15, 0.2) is 36.4 Å². The maximum absolute atomic E-state index is 10.7. The Morgan fingerprint density at radius 2 is 1.77 bits per heavy atom. The van der Waals surface area contributed by atoms with Crippen LogP contribution in [-0.4, -0.2) is 4.98 Å². The molecule has 1 aromatic carbocycles. The number of para-hydroxylation sites is 1. The zero-order chi connectivity index (χ0) is 9.26. The predicted molar refractivity (Wildman–Crippen MR) is 42.8 cm³/mol. The summed E-state index contributed by atoms with van der Waals surface area (Å²) >= 11 is -3.50. The van der Waals surface area contributed by atoms with E-state index in [1.165, 1.54) is 0 Å². The van der Waals surface area contributed by atoms with Gasteiger partial charge in [0, 0.05) is 0 Å². The first-order valence-electron chi connectivity index (χ1n) is 3.84. The molecule has 0 bridgehead atoms. The molecule has 0 saturated heterocycles. The Morgan fingerprint density at radius 3 is 2.54 bits per heavy atom. The molecule has 0 N–H and O–H groups in total. The summed E-state index contributed by atoms with van der Waals surface area (Å²) in [7, 11) is 0. The van der Waals surface area contributed by atoms with Crippen molar-refractivity contribution in [3.8, 4) is 0 Å². The van der Waals surface area contributed by atoms with Gasteiger partial charge in [0.05, 0.1) is 0 Å². The molecular formula is C9H6NO2Ti. The van der Waals surface area contributed by atoms with Gasteiger partial charge in [-0.1, -0.05) is 0 Å². The molecule has 0 aliphatic rings. The molecule has 0 unspecified atom stereocenters. The van der Waals surface area contributed by atoms with Crippen LogP contribution in [0.5, 0.6) is 0 Å². The van der Waals surface area contributed by atoms with E-state index in [4.69, 9.17) is 0 Å². The van der Waals surface area contributed by atoms with E-state index >= 15 is 0 Å². The normalized spacial score (nSPS) is 10.2. The average molecular weight is 208 g/mol. The number of aromatic nitrogens is 1. The van der Waals surface area contributed by atoms with Gasteiger partial charge in [-0.05, 0) is 0 Å². The van der Waals surface area contributed by atoms with Crippen LogP contribution < -0.4 is 4.00 Å². The molecule has 0 radical (unpaired) electrons. The molecule has 4 heteroatoms. The Hall–Kier alpha value is -1.06. The Labute approximate surface area is 80.9 Å². The number of rotatable bonds is 1. The summed E-state index contributed by atoms with van der Waals surface area (Å²) < 4.78 is 21.7. The summed E-state index contributed by atoms with van der Waals surface area (Å²) in [5.74, 6) is 0. The first kappa shape index (κ1) is 8.54. The van der Waals surface area contributed by atoms with Crippen molar-refractivity contribution in [1.29, 1.82) is 0 Å². The van der Waals surface area contributed by atoms with Crippen molar-refractivity contribution < 1.29 is 24.5 Å². The summed E-state index contributed by atoms with van der Waals surface area (Å²) in [6.07, 6.45) is 0. The van der Waals surface area contributed by atoms with Gasteiger partial charge in [0.15, 0.2) is 0 Å². The fourth-order valence-corrected chi connectivity index (χ4v) is 1.85. The molecule has 0 aliphatic heterocycles. The Kier molecular flexibility index (Phi) is 2.21. The van der Waals surface area contributed by atoms with E-state index in [0.717, 1.165) is 10.9 Å². The monoisotopic (exact) mass is 208 g/mol. The van der Waals surface area contributed by atoms with E-state index in [1.807, 2.05) is 18.2 Å². The number of hydrogen-bond acceptors (Lipinski definition) is 3. The molecule has 2 aromatic rings. The Morgan fingerprint density at radius 1 is 1.00 bits per heavy atom. The molecule has 0 aliphatic carbocycles. The minimum absolute atomic E-state index is 0.221. The summed E-state index contributed by atoms with van der Waals surface area (Å²) in [5.41, 5.74) is 0.733. The molecule has 0 saturated carbocycles. The number of benzene rings is 1. The van der Waals surface area contributed by atoms with E-state index in [1.54, 1.807) is 18.2 Å². The quantitative estimate of drug-likeness (QED) is 0.660. The van der Waals surface area contributed by atoms with E-state index in [9.17, 15) is 6.65 Å². The van der Waals surface area contributed by atoms with Crippen molar-refractivity contribution in [2.45, 2.75) is 0 Å². The second-order valence-electron chi connectivity index (χ2n) is 2.68. The summed E-state index contributed by atoms with van der Waals surface area (Å²) in [5, 5.41) is 0.964. The predicted octanol–water partition coefficient (Wildman–Crippen LogP) is 1.17. The van der Waals surface area contributed by atoms with Gasteiger partial charge in [-0.15, -0.1) is 0 Å². The van der Waals surface area contributed by atoms with Crippen LogP contribution in [0, 0.1) is 0 Å². The second kappa shape index (κ2) is 3.36. The molecule has 2 rings (SSSR count). The van der Waals surface area contributed by atoms with Crippen molar-refractivity contribution in [2.24, 2.45) is 0 Å². The second-order valence-corrected chi connectivity index (χ2v) is 4.37. The van der Waals surface area contributed by atoms with E-state index in [0.29, 0.717) is 0 Å². The van der Waals surface area contributed by atoms with Crippen molar-refractivity contribution in [1.82, 2.24) is 4.98 Å². The van der Waals surface area contributed by atoms with Gasteiger partial charge in [0.25, 0.3) is 0 Å². The zero-order valence-corrected chi connectivity index (χ0v) is 8.29. The molecule has 13 heavy (non-hydrogen) atoms. The third-order valence-electron chi connectivity index (χ3n) is 1.81. The van der Waals surface area contributed by atoms with Gasteiger partial charge in [0.1, 0.15) is 0 Å². The molecule has 3 nitrogen and oxygen atoms in total. The molecule has 0 fully saturated rings. The number of hydrogen-bond donors (Lipinski definition) is 0. The fraction of sp³-hybridized carbons (Fsp3) is 0. The Balaban J connectivity index is 2.76. The van der Waals surface area contributed by atoms with Crippen molar-refractivity contribution in [3.05, 3.63) is 36.4 Å². The molecule has 0 atom stereocenters. The summed E-state index contributed by atoms with van der Waals surface area (Å²) in [6.45, 7) is 0. The van der Waals surface area contributed by atoms with Crippen molar-refractivity contribution in [3.63, 3.8) is 0 Å². The Bertz CT molecular complexity index is 512. The molecule has 1 aromatic heterocycles. The van der Waals surface area contributed by atoms with Gasteiger partial charge >= 0.3 is 80.7 Å². The van der Waals surface area contributed by atoms with Crippen LogP contribution in [0.25, 0.3) is 10.9 Å². The van der Waals surface area contributed by atoms with Gasteiger partial charge in [-0.25, -0.2) is 0 Å². The van der Waals surface area contributed by atoms with Crippen LogP contribution in [-0.2, 0) is 24.5 Å². The van der Waals surface area contributed by atoms with Crippen LogP contribution in [0.2, 0.25) is 0 Å². The average Bonchev–Trinajstić information content (AvgIpc) is 2.17. The van der Waals surface area contributed by atoms with E-state index < -0.39 is 17.8 Å². The zero-order valence-electron chi connectivity index (χ0n) is 6.73. The van der Waals surface area contributed by atoms with Gasteiger partial charge in [0.2, 0.25) is 0 Å². The van der Waals surface area contributed by atoms with Gasteiger partial charge in [-0.3, -0.25) is 0 Å². The molecular weight excluding hydrogens is 202 g/mol. The summed E-state index contributed by atoms with van der Waals surface area (Å²) in [6, 6.07) is 10.8. The van der Waals surface area contributed by atoms with Crippen LogP contribution >= 0.6 is 0 Å². The number of nitrogens with zero attached hydrogens (tertiary/aromatic N) is 1. The number of fused-ring (bicyclic) bond motifs is 1. The minimum atomic E-state index is -3.50. The summed E-state index contributed by atoms with van der Waals surface area (Å²) in [4.78, 5) is 4.02. The van der Waals surface area contributed by atoms with Crippen molar-refractivity contribution in [2.75, 3.05) is 0 Å². The molecule has 63 valence electrons. The van der Waals surface area contributed by atoms with Crippen LogP contribution in [0.4, 0.5) is 0 Å². The van der Waals surface area contributed by atoms with E-state index in [-0.39, 0.29) is 4.00 Å². The SMILES string of the molecule is [O]=[Ti](=[O])[c]1ccc2ccccc2n1. The van der Waals surface area contributed by atoms with Gasteiger partial charge < -0.3 is 0 Å². The third kappa shape index (κ3) is 1.66. The van der Waals surface area contributed by atoms with E-state index in [2.05, 4.69) is 4.98 Å².